The van der Waals surface area contributed by atoms with E-state index in [1.54, 1.807) is 7.11 Å². The summed E-state index contributed by atoms with van der Waals surface area (Å²) < 4.78 is 0. The van der Waals surface area contributed by atoms with Crippen LogP contribution in [0.5, 0.6) is 0 Å². The van der Waals surface area contributed by atoms with Crippen molar-refractivity contribution in [2.75, 3.05) is 7.11 Å². The SMILES string of the molecule is CON[C@H]1CC[C@@H]2CCCC[C@@]21O. The molecule has 2 N–H and O–H groups in total. The molecule has 13 heavy (non-hydrogen) atoms. The summed E-state index contributed by atoms with van der Waals surface area (Å²) in [5, 5.41) is 10.5. The Labute approximate surface area is 79.4 Å². The molecular weight excluding hydrogens is 166 g/mol. The number of nitrogens with one attached hydrogen (secondary N) is 1. The number of hydrogen-bond acceptors (Lipinski definition) is 3. The van der Waals surface area contributed by atoms with Gasteiger partial charge in [-0.3, -0.25) is 0 Å². The molecule has 0 unspecified atom stereocenters. The quantitative estimate of drug-likeness (QED) is 0.636. The summed E-state index contributed by atoms with van der Waals surface area (Å²) in [6.45, 7) is 0. The zero-order valence-electron chi connectivity index (χ0n) is 8.25. The predicted molar refractivity (Wildman–Crippen MR) is 50.1 cm³/mol. The molecule has 0 aromatic heterocycles. The lowest BCUT2D eigenvalue weighted by atomic mass is 9.76. The van der Waals surface area contributed by atoms with E-state index in [1.807, 2.05) is 0 Å². The third kappa shape index (κ3) is 1.49. The smallest absolute Gasteiger partial charge is 0.0850 e. The van der Waals surface area contributed by atoms with Crippen LogP contribution in [0, 0.1) is 5.92 Å². The van der Waals surface area contributed by atoms with Crippen molar-refractivity contribution < 1.29 is 9.94 Å². The van der Waals surface area contributed by atoms with E-state index in [4.69, 9.17) is 4.84 Å². The summed E-state index contributed by atoms with van der Waals surface area (Å²) in [4.78, 5) is 4.93. The fourth-order valence-corrected chi connectivity index (χ4v) is 3.03. The minimum absolute atomic E-state index is 0.155. The predicted octanol–water partition coefficient (Wildman–Crippen LogP) is 1.22. The number of hydroxylamine groups is 1. The summed E-state index contributed by atoms with van der Waals surface area (Å²) in [7, 11) is 1.62. The molecule has 2 aliphatic carbocycles. The lowest BCUT2D eigenvalue weighted by molar-refractivity contribution is -0.0846. The van der Waals surface area contributed by atoms with Crippen LogP contribution in [0.4, 0.5) is 0 Å². The third-order valence-electron chi connectivity index (χ3n) is 3.75. The second-order valence-electron chi connectivity index (χ2n) is 4.39. The van der Waals surface area contributed by atoms with Gasteiger partial charge in [0.1, 0.15) is 0 Å². The minimum Gasteiger partial charge on any atom is -0.388 e. The third-order valence-corrected chi connectivity index (χ3v) is 3.75. The number of hydrogen-bond donors (Lipinski definition) is 2. The molecule has 0 saturated heterocycles. The fourth-order valence-electron chi connectivity index (χ4n) is 3.03. The van der Waals surface area contributed by atoms with E-state index in [0.29, 0.717) is 5.92 Å². The molecule has 0 heterocycles. The first-order chi connectivity index (χ1) is 6.27. The van der Waals surface area contributed by atoms with Crippen molar-refractivity contribution in [1.82, 2.24) is 5.48 Å². The van der Waals surface area contributed by atoms with Gasteiger partial charge in [0.2, 0.25) is 0 Å². The standard InChI is InChI=1S/C10H19NO2/c1-13-11-9-6-5-8-4-2-3-7-10(8,9)12/h8-9,11-12H,2-7H2,1H3/t8-,9-,10+/m0/s1. The molecule has 0 aliphatic heterocycles. The molecule has 2 rings (SSSR count). The van der Waals surface area contributed by atoms with Gasteiger partial charge in [-0.05, 0) is 31.6 Å². The zero-order valence-corrected chi connectivity index (χ0v) is 8.25. The minimum atomic E-state index is -0.478. The molecule has 3 atom stereocenters. The van der Waals surface area contributed by atoms with E-state index >= 15 is 0 Å². The van der Waals surface area contributed by atoms with Crippen LogP contribution >= 0.6 is 0 Å². The van der Waals surface area contributed by atoms with Gasteiger partial charge in [0.25, 0.3) is 0 Å². The van der Waals surface area contributed by atoms with Crippen LogP contribution in [-0.4, -0.2) is 23.9 Å². The largest absolute Gasteiger partial charge is 0.388 e. The summed E-state index contributed by atoms with van der Waals surface area (Å²) in [5.41, 5.74) is 2.46. The van der Waals surface area contributed by atoms with Crippen molar-refractivity contribution in [3.8, 4) is 0 Å². The topological polar surface area (TPSA) is 41.5 Å². The van der Waals surface area contributed by atoms with Crippen LogP contribution in [0.15, 0.2) is 0 Å². The van der Waals surface area contributed by atoms with E-state index in [0.717, 1.165) is 25.7 Å². The second kappa shape index (κ2) is 3.56. The Morgan fingerprint density at radius 2 is 2.15 bits per heavy atom. The van der Waals surface area contributed by atoms with Gasteiger partial charge < -0.3 is 9.94 Å². The molecule has 0 radical (unpaired) electrons. The molecule has 0 aromatic rings. The van der Waals surface area contributed by atoms with Crippen LogP contribution in [0.1, 0.15) is 38.5 Å². The first kappa shape index (κ1) is 9.44. The molecular formula is C10H19NO2. The van der Waals surface area contributed by atoms with E-state index in [9.17, 15) is 5.11 Å². The van der Waals surface area contributed by atoms with Gasteiger partial charge in [-0.25, -0.2) is 0 Å². The molecule has 0 aromatic carbocycles. The second-order valence-corrected chi connectivity index (χ2v) is 4.39. The molecule has 2 fully saturated rings. The van der Waals surface area contributed by atoms with Gasteiger partial charge >= 0.3 is 0 Å². The van der Waals surface area contributed by atoms with Gasteiger partial charge in [0.05, 0.1) is 18.8 Å². The Balaban J connectivity index is 2.07. The molecule has 3 heteroatoms. The Hall–Kier alpha value is -0.120. The maximum atomic E-state index is 10.5. The summed E-state index contributed by atoms with van der Waals surface area (Å²) in [6, 6.07) is 0.155. The highest BCUT2D eigenvalue weighted by molar-refractivity contribution is 5.03. The maximum absolute atomic E-state index is 10.5. The average molecular weight is 185 g/mol. The van der Waals surface area contributed by atoms with Crippen LogP contribution in [-0.2, 0) is 4.84 Å². The summed E-state index contributed by atoms with van der Waals surface area (Å²) >= 11 is 0. The van der Waals surface area contributed by atoms with Crippen molar-refractivity contribution in [3.63, 3.8) is 0 Å². The maximum Gasteiger partial charge on any atom is 0.0850 e. The highest BCUT2D eigenvalue weighted by Gasteiger charge is 2.49. The number of rotatable bonds is 2. The van der Waals surface area contributed by atoms with Crippen molar-refractivity contribution >= 4 is 0 Å². The van der Waals surface area contributed by atoms with E-state index < -0.39 is 5.60 Å². The van der Waals surface area contributed by atoms with Crippen LogP contribution < -0.4 is 5.48 Å². The van der Waals surface area contributed by atoms with Gasteiger partial charge in [0.15, 0.2) is 0 Å². The van der Waals surface area contributed by atoms with Crippen LogP contribution in [0.25, 0.3) is 0 Å². The van der Waals surface area contributed by atoms with Crippen molar-refractivity contribution in [2.45, 2.75) is 50.2 Å². The van der Waals surface area contributed by atoms with Crippen LogP contribution in [0.2, 0.25) is 0 Å². The Kier molecular flexibility index (Phi) is 2.58. The first-order valence-corrected chi connectivity index (χ1v) is 5.28. The molecule has 3 nitrogen and oxygen atoms in total. The molecule has 0 bridgehead atoms. The highest BCUT2D eigenvalue weighted by Crippen LogP contribution is 2.45. The van der Waals surface area contributed by atoms with Gasteiger partial charge in [0, 0.05) is 0 Å². The normalized spacial score (nSPS) is 44.8. The van der Waals surface area contributed by atoms with Crippen molar-refractivity contribution in [2.24, 2.45) is 5.92 Å². The van der Waals surface area contributed by atoms with E-state index in [1.165, 1.54) is 12.8 Å². The molecule has 2 aliphatic rings. The van der Waals surface area contributed by atoms with E-state index in [-0.39, 0.29) is 6.04 Å². The summed E-state index contributed by atoms with van der Waals surface area (Å²) in [6.07, 6.45) is 6.78. The average Bonchev–Trinajstić information content (AvgIpc) is 2.45. The Morgan fingerprint density at radius 1 is 1.31 bits per heavy atom. The zero-order chi connectivity index (χ0) is 9.31. The first-order valence-electron chi connectivity index (χ1n) is 5.28. The molecule has 0 spiro atoms. The summed E-state index contributed by atoms with van der Waals surface area (Å²) in [5.74, 6) is 0.508. The lowest BCUT2D eigenvalue weighted by Crippen LogP contribution is -2.51. The molecule has 0 amide bonds. The monoisotopic (exact) mass is 185 g/mol. The highest BCUT2D eigenvalue weighted by atomic mass is 16.6. The Bertz CT molecular complexity index is 186. The number of aliphatic hydroxyl groups is 1. The van der Waals surface area contributed by atoms with Crippen molar-refractivity contribution in [1.29, 1.82) is 0 Å². The lowest BCUT2D eigenvalue weighted by Gasteiger charge is -2.38. The number of fused-ring (bicyclic) bond motifs is 1. The van der Waals surface area contributed by atoms with Gasteiger partial charge in [-0.15, -0.1) is 0 Å². The van der Waals surface area contributed by atoms with Crippen molar-refractivity contribution in [3.05, 3.63) is 0 Å². The Morgan fingerprint density at radius 3 is 2.92 bits per heavy atom. The molecule has 2 saturated carbocycles. The molecule has 76 valence electrons. The fraction of sp³-hybridized carbons (Fsp3) is 1.00. The van der Waals surface area contributed by atoms with Crippen LogP contribution in [0.3, 0.4) is 0 Å². The van der Waals surface area contributed by atoms with Gasteiger partial charge in [-0.2, -0.15) is 5.48 Å². The van der Waals surface area contributed by atoms with Gasteiger partial charge in [-0.1, -0.05) is 12.8 Å². The van der Waals surface area contributed by atoms with E-state index in [2.05, 4.69) is 5.48 Å².